The van der Waals surface area contributed by atoms with E-state index in [0.717, 1.165) is 29.4 Å². The Morgan fingerprint density at radius 3 is 2.94 bits per heavy atom. The summed E-state index contributed by atoms with van der Waals surface area (Å²) in [4.78, 5) is 2.55. The molecule has 0 spiro atoms. The molecule has 96 valence electrons. The summed E-state index contributed by atoms with van der Waals surface area (Å²) in [5, 5.41) is 3.48. The number of nitrogens with zero attached hydrogens (tertiary/aromatic N) is 1. The summed E-state index contributed by atoms with van der Waals surface area (Å²) < 4.78 is 6.26. The molecule has 1 aromatic rings. The van der Waals surface area contributed by atoms with Crippen molar-refractivity contribution in [3.63, 3.8) is 0 Å². The Hall–Kier alpha value is -0.320. The highest BCUT2D eigenvalue weighted by Crippen LogP contribution is 2.18. The lowest BCUT2D eigenvalue weighted by molar-refractivity contribution is 0.263. The van der Waals surface area contributed by atoms with E-state index in [2.05, 4.69) is 40.0 Å². The number of rotatable bonds is 5. The summed E-state index contributed by atoms with van der Waals surface area (Å²) in [6, 6.07) is 4.63. The molecule has 1 unspecified atom stereocenters. The Balaban J connectivity index is 1.66. The first-order valence-corrected chi connectivity index (χ1v) is 7.13. The second kappa shape index (κ2) is 6.03. The minimum Gasteiger partial charge on any atom is -0.453 e. The molecule has 0 aromatic carbocycles. The third kappa shape index (κ3) is 3.83. The molecule has 1 N–H and O–H groups in total. The third-order valence-electron chi connectivity index (χ3n) is 3.41. The van der Waals surface area contributed by atoms with E-state index in [9.17, 15) is 0 Å². The van der Waals surface area contributed by atoms with Crippen LogP contribution >= 0.6 is 15.9 Å². The Morgan fingerprint density at radius 2 is 2.35 bits per heavy atom. The smallest absolute Gasteiger partial charge is 0.169 e. The monoisotopic (exact) mass is 300 g/mol. The molecule has 1 aliphatic heterocycles. The van der Waals surface area contributed by atoms with Gasteiger partial charge in [0.15, 0.2) is 4.67 Å². The summed E-state index contributed by atoms with van der Waals surface area (Å²) >= 11 is 3.31. The zero-order valence-electron chi connectivity index (χ0n) is 10.6. The van der Waals surface area contributed by atoms with Crippen LogP contribution in [0.5, 0.6) is 0 Å². The zero-order valence-corrected chi connectivity index (χ0v) is 12.2. The van der Waals surface area contributed by atoms with Gasteiger partial charge < -0.3 is 14.6 Å². The lowest BCUT2D eigenvalue weighted by atomic mass is 10.1. The lowest BCUT2D eigenvalue weighted by Crippen LogP contribution is -2.30. The van der Waals surface area contributed by atoms with Crippen molar-refractivity contribution in [3.05, 3.63) is 22.6 Å². The largest absolute Gasteiger partial charge is 0.453 e. The first-order chi connectivity index (χ1) is 8.15. The fourth-order valence-corrected chi connectivity index (χ4v) is 2.68. The van der Waals surface area contributed by atoms with E-state index in [-0.39, 0.29) is 0 Å². The molecule has 0 amide bonds. The minimum atomic E-state index is 0.682. The van der Waals surface area contributed by atoms with Crippen LogP contribution in [-0.4, -0.2) is 30.6 Å². The lowest BCUT2D eigenvalue weighted by Gasteiger charge is -2.20. The molecule has 1 fully saturated rings. The van der Waals surface area contributed by atoms with Crippen molar-refractivity contribution >= 4 is 15.9 Å². The molecule has 1 saturated heterocycles. The molecule has 3 nitrogen and oxygen atoms in total. The quantitative estimate of drug-likeness (QED) is 0.906. The molecule has 2 heterocycles. The van der Waals surface area contributed by atoms with E-state index in [4.69, 9.17) is 4.42 Å². The van der Waals surface area contributed by atoms with Crippen LogP contribution in [0.25, 0.3) is 0 Å². The number of hydrogen-bond acceptors (Lipinski definition) is 3. The predicted octanol–water partition coefficient (Wildman–Crippen LogP) is 2.86. The molecular formula is C13H21BrN2O. The van der Waals surface area contributed by atoms with Gasteiger partial charge in [0.25, 0.3) is 0 Å². The van der Waals surface area contributed by atoms with Crippen LogP contribution in [0, 0.1) is 5.92 Å². The number of hydrogen-bond donors (Lipinski definition) is 1. The maximum absolute atomic E-state index is 5.45. The topological polar surface area (TPSA) is 28.4 Å². The van der Waals surface area contributed by atoms with Crippen molar-refractivity contribution in [2.75, 3.05) is 19.6 Å². The molecule has 1 aromatic heterocycles. The molecule has 0 aliphatic carbocycles. The first-order valence-electron chi connectivity index (χ1n) is 6.34. The van der Waals surface area contributed by atoms with Gasteiger partial charge in [0.1, 0.15) is 5.76 Å². The summed E-state index contributed by atoms with van der Waals surface area (Å²) in [5.74, 6) is 1.78. The summed E-state index contributed by atoms with van der Waals surface area (Å²) in [7, 11) is 0. The highest BCUT2D eigenvalue weighted by atomic mass is 79.9. The van der Waals surface area contributed by atoms with E-state index < -0.39 is 0 Å². The van der Waals surface area contributed by atoms with Gasteiger partial charge in [0, 0.05) is 12.6 Å². The minimum absolute atomic E-state index is 0.682. The molecule has 0 bridgehead atoms. The molecule has 1 aliphatic rings. The van der Waals surface area contributed by atoms with E-state index >= 15 is 0 Å². The van der Waals surface area contributed by atoms with Gasteiger partial charge in [0.2, 0.25) is 0 Å². The van der Waals surface area contributed by atoms with Crippen LogP contribution in [0.2, 0.25) is 0 Å². The summed E-state index contributed by atoms with van der Waals surface area (Å²) in [5.41, 5.74) is 0. The van der Waals surface area contributed by atoms with Crippen molar-refractivity contribution in [1.29, 1.82) is 0 Å². The maximum Gasteiger partial charge on any atom is 0.169 e. The van der Waals surface area contributed by atoms with Gasteiger partial charge in [-0.3, -0.25) is 0 Å². The van der Waals surface area contributed by atoms with E-state index in [0.29, 0.717) is 6.04 Å². The Labute approximate surface area is 112 Å². The first kappa shape index (κ1) is 13.1. The van der Waals surface area contributed by atoms with E-state index in [1.54, 1.807) is 0 Å². The average Bonchev–Trinajstić information content (AvgIpc) is 2.88. The maximum atomic E-state index is 5.45. The Kier molecular flexibility index (Phi) is 4.65. The van der Waals surface area contributed by atoms with Gasteiger partial charge >= 0.3 is 0 Å². The van der Waals surface area contributed by atoms with Crippen LogP contribution in [0.4, 0.5) is 0 Å². The molecule has 4 heteroatoms. The van der Waals surface area contributed by atoms with Crippen molar-refractivity contribution in [1.82, 2.24) is 10.2 Å². The molecule has 17 heavy (non-hydrogen) atoms. The van der Waals surface area contributed by atoms with Crippen LogP contribution in [0.1, 0.15) is 26.0 Å². The fraction of sp³-hybridized carbons (Fsp3) is 0.692. The van der Waals surface area contributed by atoms with Gasteiger partial charge in [-0.2, -0.15) is 0 Å². The number of nitrogens with one attached hydrogen (secondary N) is 1. The molecule has 2 rings (SSSR count). The number of furan rings is 1. The average molecular weight is 301 g/mol. The van der Waals surface area contributed by atoms with Crippen molar-refractivity contribution in [2.45, 2.75) is 32.9 Å². The van der Waals surface area contributed by atoms with Gasteiger partial charge in [-0.25, -0.2) is 0 Å². The van der Waals surface area contributed by atoms with E-state index in [1.807, 2.05) is 12.1 Å². The third-order valence-corrected chi connectivity index (χ3v) is 3.83. The number of likely N-dealkylation sites (tertiary alicyclic amines) is 1. The van der Waals surface area contributed by atoms with Crippen LogP contribution < -0.4 is 5.32 Å². The fourth-order valence-electron chi connectivity index (χ4n) is 2.34. The van der Waals surface area contributed by atoms with Crippen LogP contribution in [0.15, 0.2) is 21.2 Å². The van der Waals surface area contributed by atoms with Crippen molar-refractivity contribution in [2.24, 2.45) is 5.92 Å². The van der Waals surface area contributed by atoms with Gasteiger partial charge in [0.05, 0.1) is 6.54 Å². The van der Waals surface area contributed by atoms with Gasteiger partial charge in [-0.05, 0) is 67.3 Å². The molecule has 0 saturated carbocycles. The summed E-state index contributed by atoms with van der Waals surface area (Å²) in [6.07, 6.45) is 1.31. The molecular weight excluding hydrogens is 280 g/mol. The summed E-state index contributed by atoms with van der Waals surface area (Å²) in [6.45, 7) is 8.93. The van der Waals surface area contributed by atoms with Gasteiger partial charge in [-0.15, -0.1) is 0 Å². The van der Waals surface area contributed by atoms with Crippen LogP contribution in [0.3, 0.4) is 0 Å². The Bertz CT molecular complexity index is 351. The standard InChI is InChI=1S/C13H21BrN2O/c1-10(2)16-6-5-11(9-16)7-15-8-12-3-4-13(14)17-12/h3-4,10-11,15H,5-9H2,1-2H3. The molecule has 0 radical (unpaired) electrons. The highest BCUT2D eigenvalue weighted by molar-refractivity contribution is 9.10. The second-order valence-electron chi connectivity index (χ2n) is 5.08. The van der Waals surface area contributed by atoms with Crippen LogP contribution in [-0.2, 0) is 6.54 Å². The highest BCUT2D eigenvalue weighted by Gasteiger charge is 2.23. The zero-order chi connectivity index (χ0) is 12.3. The molecule has 1 atom stereocenters. The number of halogens is 1. The van der Waals surface area contributed by atoms with Gasteiger partial charge in [-0.1, -0.05) is 0 Å². The predicted molar refractivity (Wildman–Crippen MR) is 72.9 cm³/mol. The second-order valence-corrected chi connectivity index (χ2v) is 5.86. The SMILES string of the molecule is CC(C)N1CCC(CNCc2ccc(Br)o2)C1. The normalized spacial score (nSPS) is 21.5. The van der Waals surface area contributed by atoms with E-state index in [1.165, 1.54) is 19.5 Å². The van der Waals surface area contributed by atoms with Crippen molar-refractivity contribution in [3.8, 4) is 0 Å². The van der Waals surface area contributed by atoms with Crippen molar-refractivity contribution < 1.29 is 4.42 Å². The Morgan fingerprint density at radius 1 is 1.53 bits per heavy atom.